The Labute approximate surface area is 111 Å². The lowest BCUT2D eigenvalue weighted by Gasteiger charge is -2.16. The average molecular weight is 255 g/mol. The number of aromatic nitrogens is 1. The van der Waals surface area contributed by atoms with Gasteiger partial charge in [-0.2, -0.15) is 5.26 Å². The van der Waals surface area contributed by atoms with E-state index < -0.39 is 5.82 Å². The highest BCUT2D eigenvalue weighted by atomic mass is 19.1. The van der Waals surface area contributed by atoms with Crippen molar-refractivity contribution in [1.29, 1.82) is 5.26 Å². The van der Waals surface area contributed by atoms with E-state index in [1.807, 2.05) is 25.2 Å². The third-order valence-corrected chi connectivity index (χ3v) is 2.81. The Hall–Kier alpha value is -2.25. The highest BCUT2D eigenvalue weighted by Crippen LogP contribution is 2.12. The quantitative estimate of drug-likeness (QED) is 0.843. The third-order valence-electron chi connectivity index (χ3n) is 2.81. The summed E-state index contributed by atoms with van der Waals surface area (Å²) in [7, 11) is 1.98. The summed E-state index contributed by atoms with van der Waals surface area (Å²) in [5.74, 6) is -0.469. The highest BCUT2D eigenvalue weighted by Gasteiger charge is 2.05. The molecule has 19 heavy (non-hydrogen) atoms. The minimum Gasteiger partial charge on any atom is -0.298 e. The van der Waals surface area contributed by atoms with Gasteiger partial charge in [0.05, 0.1) is 5.56 Å². The fourth-order valence-corrected chi connectivity index (χ4v) is 1.92. The number of rotatable bonds is 4. The normalized spacial score (nSPS) is 10.4. The van der Waals surface area contributed by atoms with Crippen LogP contribution in [0.3, 0.4) is 0 Å². The fraction of sp³-hybridized carbons (Fsp3) is 0.200. The zero-order chi connectivity index (χ0) is 13.7. The van der Waals surface area contributed by atoms with Gasteiger partial charge in [0.2, 0.25) is 0 Å². The minimum absolute atomic E-state index is 0.0924. The molecular weight excluding hydrogens is 241 g/mol. The van der Waals surface area contributed by atoms with Crippen LogP contribution >= 0.6 is 0 Å². The predicted molar refractivity (Wildman–Crippen MR) is 70.5 cm³/mol. The molecule has 0 spiro atoms. The van der Waals surface area contributed by atoms with Crippen molar-refractivity contribution in [1.82, 2.24) is 9.88 Å². The van der Waals surface area contributed by atoms with Crippen LogP contribution in [0.15, 0.2) is 42.7 Å². The van der Waals surface area contributed by atoms with Crippen molar-refractivity contribution < 1.29 is 4.39 Å². The number of hydrogen-bond donors (Lipinski definition) is 0. The third kappa shape index (κ3) is 3.60. The van der Waals surface area contributed by atoms with Crippen molar-refractivity contribution in [3.63, 3.8) is 0 Å². The van der Waals surface area contributed by atoms with Crippen LogP contribution in [-0.4, -0.2) is 16.9 Å². The average Bonchev–Trinajstić information content (AvgIpc) is 2.42. The van der Waals surface area contributed by atoms with Gasteiger partial charge in [0.25, 0.3) is 0 Å². The predicted octanol–water partition coefficient (Wildman–Crippen LogP) is 2.72. The molecule has 2 aromatic rings. The second-order valence-corrected chi connectivity index (χ2v) is 4.45. The van der Waals surface area contributed by atoms with E-state index in [4.69, 9.17) is 5.26 Å². The van der Waals surface area contributed by atoms with E-state index in [0.29, 0.717) is 6.54 Å². The van der Waals surface area contributed by atoms with Gasteiger partial charge < -0.3 is 0 Å². The first-order chi connectivity index (χ1) is 9.19. The second-order valence-electron chi connectivity index (χ2n) is 4.45. The van der Waals surface area contributed by atoms with E-state index in [1.54, 1.807) is 24.5 Å². The molecule has 4 heteroatoms. The molecule has 0 amide bonds. The number of pyridine rings is 1. The molecule has 0 aliphatic rings. The summed E-state index contributed by atoms with van der Waals surface area (Å²) in [6.07, 6.45) is 3.52. The van der Waals surface area contributed by atoms with Crippen molar-refractivity contribution in [3.05, 3.63) is 65.2 Å². The maximum atomic E-state index is 13.2. The van der Waals surface area contributed by atoms with E-state index in [-0.39, 0.29) is 5.56 Å². The summed E-state index contributed by atoms with van der Waals surface area (Å²) in [6, 6.07) is 10.4. The molecule has 0 saturated heterocycles. The monoisotopic (exact) mass is 255 g/mol. The van der Waals surface area contributed by atoms with Crippen molar-refractivity contribution >= 4 is 0 Å². The minimum atomic E-state index is -0.469. The fourth-order valence-electron chi connectivity index (χ4n) is 1.92. The number of halogens is 1. The molecule has 1 heterocycles. The smallest absolute Gasteiger partial charge is 0.140 e. The lowest BCUT2D eigenvalue weighted by molar-refractivity contribution is 0.319. The highest BCUT2D eigenvalue weighted by molar-refractivity contribution is 5.34. The second kappa shape index (κ2) is 6.07. The maximum Gasteiger partial charge on any atom is 0.140 e. The lowest BCUT2D eigenvalue weighted by atomic mass is 10.1. The van der Waals surface area contributed by atoms with Crippen molar-refractivity contribution in [2.24, 2.45) is 0 Å². The van der Waals surface area contributed by atoms with Crippen LogP contribution in [0, 0.1) is 17.1 Å². The molecule has 0 fully saturated rings. The number of nitriles is 1. The Kier molecular flexibility index (Phi) is 4.22. The first-order valence-electron chi connectivity index (χ1n) is 5.95. The number of benzene rings is 1. The molecule has 0 N–H and O–H groups in total. The van der Waals surface area contributed by atoms with E-state index >= 15 is 0 Å². The van der Waals surface area contributed by atoms with E-state index in [0.717, 1.165) is 12.1 Å². The molecule has 0 saturated carbocycles. The molecule has 0 aliphatic heterocycles. The molecule has 1 aromatic carbocycles. The van der Waals surface area contributed by atoms with Gasteiger partial charge in [0.1, 0.15) is 11.9 Å². The number of hydrogen-bond acceptors (Lipinski definition) is 3. The summed E-state index contributed by atoms with van der Waals surface area (Å²) >= 11 is 0. The Bertz CT molecular complexity index is 590. The van der Waals surface area contributed by atoms with Gasteiger partial charge in [0, 0.05) is 25.5 Å². The van der Waals surface area contributed by atoms with Crippen LogP contribution in [0.25, 0.3) is 0 Å². The van der Waals surface area contributed by atoms with Crippen molar-refractivity contribution in [2.45, 2.75) is 13.1 Å². The van der Waals surface area contributed by atoms with Crippen LogP contribution in [0.2, 0.25) is 0 Å². The van der Waals surface area contributed by atoms with Gasteiger partial charge in [-0.15, -0.1) is 0 Å². The van der Waals surface area contributed by atoms with Crippen molar-refractivity contribution in [2.75, 3.05) is 7.05 Å². The Morgan fingerprint density at radius 1 is 1.16 bits per heavy atom. The Morgan fingerprint density at radius 2 is 1.84 bits per heavy atom. The lowest BCUT2D eigenvalue weighted by Crippen LogP contribution is -2.17. The first kappa shape index (κ1) is 13.2. The van der Waals surface area contributed by atoms with E-state index in [9.17, 15) is 4.39 Å². The van der Waals surface area contributed by atoms with Crippen LogP contribution in [0.4, 0.5) is 4.39 Å². The Morgan fingerprint density at radius 3 is 2.53 bits per heavy atom. The largest absolute Gasteiger partial charge is 0.298 e. The summed E-state index contributed by atoms with van der Waals surface area (Å²) in [5.41, 5.74) is 2.18. The van der Waals surface area contributed by atoms with Crippen LogP contribution in [0.1, 0.15) is 16.7 Å². The first-order valence-corrected chi connectivity index (χ1v) is 5.95. The van der Waals surface area contributed by atoms with E-state index in [1.165, 1.54) is 11.6 Å². The maximum absolute atomic E-state index is 13.2. The molecule has 0 aliphatic carbocycles. The van der Waals surface area contributed by atoms with Gasteiger partial charge in [-0.05, 0) is 42.4 Å². The molecule has 0 atom stereocenters. The van der Waals surface area contributed by atoms with Gasteiger partial charge in [-0.25, -0.2) is 4.39 Å². The van der Waals surface area contributed by atoms with Gasteiger partial charge in [-0.1, -0.05) is 6.07 Å². The molecule has 96 valence electrons. The topological polar surface area (TPSA) is 39.9 Å². The van der Waals surface area contributed by atoms with Crippen LogP contribution < -0.4 is 0 Å². The molecule has 0 radical (unpaired) electrons. The molecule has 0 unspecified atom stereocenters. The van der Waals surface area contributed by atoms with Crippen molar-refractivity contribution in [3.8, 4) is 6.07 Å². The summed E-state index contributed by atoms with van der Waals surface area (Å²) in [5, 5.41) is 8.80. The molecule has 2 rings (SSSR count). The van der Waals surface area contributed by atoms with Gasteiger partial charge in [0.15, 0.2) is 0 Å². The molecule has 1 aromatic heterocycles. The van der Waals surface area contributed by atoms with Crippen LogP contribution in [0.5, 0.6) is 0 Å². The van der Waals surface area contributed by atoms with Gasteiger partial charge >= 0.3 is 0 Å². The summed E-state index contributed by atoms with van der Waals surface area (Å²) in [6.45, 7) is 1.44. The molecule has 3 nitrogen and oxygen atoms in total. The molecule has 0 bridgehead atoms. The van der Waals surface area contributed by atoms with Crippen LogP contribution in [-0.2, 0) is 13.1 Å². The number of nitrogens with zero attached hydrogens (tertiary/aromatic N) is 3. The zero-order valence-electron chi connectivity index (χ0n) is 10.7. The standard InChI is InChI=1S/C15H14FN3/c1-19(10-12-4-6-18-7-5-12)11-13-2-3-15(16)14(8-13)9-17/h2-8H,10-11H2,1H3. The SMILES string of the molecule is CN(Cc1ccncc1)Cc1ccc(F)c(C#N)c1. The summed E-state index contributed by atoms with van der Waals surface area (Å²) < 4.78 is 13.2. The summed E-state index contributed by atoms with van der Waals surface area (Å²) in [4.78, 5) is 6.07. The van der Waals surface area contributed by atoms with Gasteiger partial charge in [-0.3, -0.25) is 9.88 Å². The van der Waals surface area contributed by atoms with E-state index in [2.05, 4.69) is 9.88 Å². The Balaban J connectivity index is 2.03. The zero-order valence-corrected chi connectivity index (χ0v) is 10.7. The molecular formula is C15H14FN3.